The fourth-order valence-electron chi connectivity index (χ4n) is 3.43. The van der Waals surface area contributed by atoms with Crippen LogP contribution in [-0.4, -0.2) is 24.5 Å². The van der Waals surface area contributed by atoms with Gasteiger partial charge < -0.3 is 9.64 Å². The largest absolute Gasteiger partial charge is 0.457 e. The first-order chi connectivity index (χ1) is 12.1. The molecule has 1 aliphatic heterocycles. The van der Waals surface area contributed by atoms with Crippen LogP contribution in [0.25, 0.3) is 0 Å². The molecule has 0 N–H and O–H groups in total. The number of halogens is 1. The summed E-state index contributed by atoms with van der Waals surface area (Å²) in [4.78, 5) is 2.61. The Morgan fingerprint density at radius 2 is 1.76 bits per heavy atom. The van der Waals surface area contributed by atoms with Crippen molar-refractivity contribution in [2.24, 2.45) is 5.92 Å². The molecule has 0 aliphatic carbocycles. The predicted molar refractivity (Wildman–Crippen MR) is 106 cm³/mol. The summed E-state index contributed by atoms with van der Waals surface area (Å²) in [5.41, 5.74) is 1.28. The molecule has 2 nitrogen and oxygen atoms in total. The van der Waals surface area contributed by atoms with Gasteiger partial charge in [0.15, 0.2) is 0 Å². The van der Waals surface area contributed by atoms with Gasteiger partial charge >= 0.3 is 0 Å². The van der Waals surface area contributed by atoms with Crippen molar-refractivity contribution >= 4 is 11.6 Å². The first kappa shape index (κ1) is 18.3. The molecular weight excluding hydrogens is 330 g/mol. The zero-order valence-corrected chi connectivity index (χ0v) is 16.0. The molecule has 2 aromatic carbocycles. The highest BCUT2D eigenvalue weighted by atomic mass is 35.5. The third-order valence-electron chi connectivity index (χ3n) is 5.25. The lowest BCUT2D eigenvalue weighted by atomic mass is 9.95. The average molecular weight is 358 g/mol. The van der Waals surface area contributed by atoms with E-state index in [4.69, 9.17) is 16.3 Å². The van der Waals surface area contributed by atoms with Crippen LogP contribution in [0.2, 0.25) is 5.02 Å². The van der Waals surface area contributed by atoms with Crippen LogP contribution in [0.1, 0.15) is 44.6 Å². The van der Waals surface area contributed by atoms with Gasteiger partial charge in [0.25, 0.3) is 0 Å². The Labute approximate surface area is 156 Å². The van der Waals surface area contributed by atoms with Crippen molar-refractivity contribution in [2.45, 2.75) is 39.0 Å². The van der Waals surface area contributed by atoms with E-state index in [0.29, 0.717) is 5.92 Å². The third kappa shape index (κ3) is 5.23. The lowest BCUT2D eigenvalue weighted by Crippen LogP contribution is -2.34. The van der Waals surface area contributed by atoms with Gasteiger partial charge in [0.05, 0.1) is 0 Å². The normalized spacial score (nSPS) is 17.4. The minimum Gasteiger partial charge on any atom is -0.457 e. The highest BCUT2D eigenvalue weighted by Gasteiger charge is 2.18. The molecule has 1 saturated heterocycles. The molecule has 1 fully saturated rings. The van der Waals surface area contributed by atoms with Crippen LogP contribution in [0.15, 0.2) is 48.5 Å². The second kappa shape index (κ2) is 8.73. The van der Waals surface area contributed by atoms with E-state index in [2.05, 4.69) is 36.9 Å². The Morgan fingerprint density at radius 3 is 2.48 bits per heavy atom. The summed E-state index contributed by atoms with van der Waals surface area (Å²) >= 11 is 5.96. The van der Waals surface area contributed by atoms with Gasteiger partial charge in [-0.05, 0) is 86.6 Å². The molecule has 1 atom stereocenters. The molecule has 1 aliphatic rings. The van der Waals surface area contributed by atoms with E-state index in [1.807, 2.05) is 30.3 Å². The number of rotatable bonds is 6. The van der Waals surface area contributed by atoms with E-state index in [0.717, 1.165) is 28.9 Å². The number of hydrogen-bond donors (Lipinski definition) is 0. The molecule has 134 valence electrons. The van der Waals surface area contributed by atoms with Crippen LogP contribution in [0, 0.1) is 5.92 Å². The van der Waals surface area contributed by atoms with Crippen molar-refractivity contribution in [1.29, 1.82) is 0 Å². The first-order valence-corrected chi connectivity index (χ1v) is 9.74. The average Bonchev–Trinajstić information content (AvgIpc) is 2.63. The lowest BCUT2D eigenvalue weighted by molar-refractivity contribution is 0.187. The van der Waals surface area contributed by atoms with Gasteiger partial charge in [-0.2, -0.15) is 0 Å². The summed E-state index contributed by atoms with van der Waals surface area (Å²) in [6, 6.07) is 15.9. The molecule has 25 heavy (non-hydrogen) atoms. The highest BCUT2D eigenvalue weighted by molar-refractivity contribution is 6.30. The van der Waals surface area contributed by atoms with Gasteiger partial charge in [-0.1, -0.05) is 43.6 Å². The Balaban J connectivity index is 1.62. The highest BCUT2D eigenvalue weighted by Crippen LogP contribution is 2.33. The number of hydrogen-bond acceptors (Lipinski definition) is 2. The van der Waals surface area contributed by atoms with E-state index in [9.17, 15) is 0 Å². The smallest absolute Gasteiger partial charge is 0.130 e. The predicted octanol–water partition coefficient (Wildman–Crippen LogP) is 6.36. The lowest BCUT2D eigenvalue weighted by Gasteiger charge is -2.31. The molecule has 0 saturated carbocycles. The quantitative estimate of drug-likeness (QED) is 0.596. The molecule has 1 unspecified atom stereocenters. The molecule has 0 amide bonds. The summed E-state index contributed by atoms with van der Waals surface area (Å²) < 4.78 is 6.12. The van der Waals surface area contributed by atoms with Crippen molar-refractivity contribution in [1.82, 2.24) is 4.90 Å². The SMILES string of the molecule is CC1CCN(CCC(C)c2ccccc2Oc2ccc(Cl)cc2)CC1. The molecule has 1 heterocycles. The van der Waals surface area contributed by atoms with Gasteiger partial charge in [-0.15, -0.1) is 0 Å². The number of para-hydroxylation sites is 1. The van der Waals surface area contributed by atoms with Gasteiger partial charge in [0, 0.05) is 5.02 Å². The Morgan fingerprint density at radius 1 is 1.08 bits per heavy atom. The molecule has 0 radical (unpaired) electrons. The summed E-state index contributed by atoms with van der Waals surface area (Å²) in [7, 11) is 0. The third-order valence-corrected chi connectivity index (χ3v) is 5.50. The molecule has 0 spiro atoms. The van der Waals surface area contributed by atoms with Crippen molar-refractivity contribution in [3.8, 4) is 11.5 Å². The Hall–Kier alpha value is -1.51. The van der Waals surface area contributed by atoms with Gasteiger partial charge in [0.1, 0.15) is 11.5 Å². The van der Waals surface area contributed by atoms with Crippen molar-refractivity contribution in [3.05, 3.63) is 59.1 Å². The standard InChI is InChI=1S/C22H28ClNO/c1-17-11-14-24(15-12-17)16-13-18(2)21-5-3-4-6-22(21)25-20-9-7-19(23)8-10-20/h3-10,17-18H,11-16H2,1-2H3. The van der Waals surface area contributed by atoms with Crippen molar-refractivity contribution < 1.29 is 4.74 Å². The summed E-state index contributed by atoms with van der Waals surface area (Å²) in [6.45, 7) is 8.33. The summed E-state index contributed by atoms with van der Waals surface area (Å²) in [5.74, 6) is 3.14. The summed E-state index contributed by atoms with van der Waals surface area (Å²) in [5, 5.41) is 0.727. The van der Waals surface area contributed by atoms with Crippen molar-refractivity contribution in [2.75, 3.05) is 19.6 Å². The maximum atomic E-state index is 6.12. The van der Waals surface area contributed by atoms with Crippen LogP contribution in [0.5, 0.6) is 11.5 Å². The number of ether oxygens (including phenoxy) is 1. The fraction of sp³-hybridized carbons (Fsp3) is 0.455. The van der Waals surface area contributed by atoms with E-state index < -0.39 is 0 Å². The molecular formula is C22H28ClNO. The maximum absolute atomic E-state index is 6.12. The van der Waals surface area contributed by atoms with E-state index in [-0.39, 0.29) is 0 Å². The zero-order valence-electron chi connectivity index (χ0n) is 15.2. The molecule has 3 heteroatoms. The number of nitrogens with zero attached hydrogens (tertiary/aromatic N) is 1. The molecule has 0 aromatic heterocycles. The van der Waals surface area contributed by atoms with Crippen LogP contribution >= 0.6 is 11.6 Å². The Kier molecular flexibility index (Phi) is 6.39. The first-order valence-electron chi connectivity index (χ1n) is 9.36. The second-order valence-electron chi connectivity index (χ2n) is 7.31. The van der Waals surface area contributed by atoms with Gasteiger partial charge in [-0.25, -0.2) is 0 Å². The molecule has 2 aromatic rings. The number of benzene rings is 2. The maximum Gasteiger partial charge on any atom is 0.130 e. The molecule has 3 rings (SSSR count). The summed E-state index contributed by atoms with van der Waals surface area (Å²) in [6.07, 6.45) is 3.84. The van der Waals surface area contributed by atoms with Crippen LogP contribution < -0.4 is 4.74 Å². The monoisotopic (exact) mass is 357 g/mol. The topological polar surface area (TPSA) is 12.5 Å². The van der Waals surface area contributed by atoms with E-state index in [1.54, 1.807) is 0 Å². The van der Waals surface area contributed by atoms with E-state index in [1.165, 1.54) is 38.0 Å². The zero-order chi connectivity index (χ0) is 17.6. The van der Waals surface area contributed by atoms with Crippen LogP contribution in [0.3, 0.4) is 0 Å². The van der Waals surface area contributed by atoms with E-state index >= 15 is 0 Å². The van der Waals surface area contributed by atoms with Crippen molar-refractivity contribution in [3.63, 3.8) is 0 Å². The van der Waals surface area contributed by atoms with Gasteiger partial charge in [-0.3, -0.25) is 0 Å². The molecule has 0 bridgehead atoms. The number of likely N-dealkylation sites (tertiary alicyclic amines) is 1. The van der Waals surface area contributed by atoms with Crippen LogP contribution in [-0.2, 0) is 0 Å². The fourth-order valence-corrected chi connectivity index (χ4v) is 3.55. The minimum absolute atomic E-state index is 0.475. The van der Waals surface area contributed by atoms with Gasteiger partial charge in [0.2, 0.25) is 0 Å². The Bertz CT molecular complexity index is 662. The van der Waals surface area contributed by atoms with Crippen LogP contribution in [0.4, 0.5) is 0 Å². The minimum atomic E-state index is 0.475. The second-order valence-corrected chi connectivity index (χ2v) is 7.74. The number of piperidine rings is 1.